The lowest BCUT2D eigenvalue weighted by atomic mass is 9.98. The third-order valence-corrected chi connectivity index (χ3v) is 3.70. The quantitative estimate of drug-likeness (QED) is 0.678. The lowest BCUT2D eigenvalue weighted by Gasteiger charge is -2.21. The first-order valence-corrected chi connectivity index (χ1v) is 6.99. The number of halogens is 1. The van der Waals surface area contributed by atoms with Gasteiger partial charge in [-0.1, -0.05) is 15.9 Å². The number of nitrogens with zero attached hydrogens (tertiary/aromatic N) is 1. The predicted molar refractivity (Wildman–Crippen MR) is 75.7 cm³/mol. The van der Waals surface area contributed by atoms with Gasteiger partial charge in [0, 0.05) is 12.1 Å². The van der Waals surface area contributed by atoms with E-state index in [1.165, 1.54) is 21.8 Å². The van der Waals surface area contributed by atoms with Gasteiger partial charge in [-0.25, -0.2) is 4.79 Å². The van der Waals surface area contributed by atoms with Gasteiger partial charge in [-0.05, 0) is 11.1 Å². The largest absolute Gasteiger partial charge is 0.396 e. The number of aromatic amines is 1. The average molecular weight is 347 g/mol. The number of ether oxygens (including phenoxy) is 1. The van der Waals surface area contributed by atoms with Crippen molar-refractivity contribution < 1.29 is 14.9 Å². The highest BCUT2D eigenvalue weighted by atomic mass is 79.9. The monoisotopic (exact) mass is 346 g/mol. The molecule has 0 saturated carbocycles. The number of aromatic nitrogens is 2. The highest BCUT2D eigenvalue weighted by molar-refractivity contribution is 9.11. The molecular formula is C12H15BrN2O5. The molecule has 8 heteroatoms. The van der Waals surface area contributed by atoms with Gasteiger partial charge < -0.3 is 14.9 Å². The van der Waals surface area contributed by atoms with Crippen molar-refractivity contribution in [3.8, 4) is 0 Å². The minimum Gasteiger partial charge on any atom is -0.396 e. The molecule has 1 aromatic heterocycles. The number of rotatable bonds is 4. The standard InChI is InChI=1S/C12H15BrN2O5/c13-2-1-7-3-15(12(19)14-11(7)18)9-6-20-10(5-17)8(9)4-16/h1-3,8-10,16-17H,4-6H2,(H,14,18,19)/t8-,9+,10+/m1/s1. The maximum Gasteiger partial charge on any atom is 0.328 e. The maximum atomic E-state index is 11.9. The second kappa shape index (κ2) is 6.49. The van der Waals surface area contributed by atoms with Crippen molar-refractivity contribution in [3.05, 3.63) is 37.6 Å². The molecule has 1 fully saturated rings. The van der Waals surface area contributed by atoms with E-state index in [1.807, 2.05) is 0 Å². The molecule has 0 aliphatic carbocycles. The number of H-pyrrole nitrogens is 1. The second-order valence-corrected chi connectivity index (χ2v) is 5.04. The molecule has 3 atom stereocenters. The van der Waals surface area contributed by atoms with Crippen molar-refractivity contribution in [2.45, 2.75) is 12.1 Å². The molecule has 2 rings (SSSR count). The van der Waals surface area contributed by atoms with Crippen LogP contribution in [-0.4, -0.2) is 45.7 Å². The van der Waals surface area contributed by atoms with E-state index < -0.39 is 29.3 Å². The van der Waals surface area contributed by atoms with Crippen LogP contribution in [0, 0.1) is 5.92 Å². The van der Waals surface area contributed by atoms with E-state index in [-0.39, 0.29) is 19.8 Å². The molecule has 0 aromatic carbocycles. The first-order chi connectivity index (χ1) is 9.62. The van der Waals surface area contributed by atoms with Crippen LogP contribution < -0.4 is 11.2 Å². The van der Waals surface area contributed by atoms with Gasteiger partial charge in [-0.15, -0.1) is 0 Å². The highest BCUT2D eigenvalue weighted by Crippen LogP contribution is 2.29. The average Bonchev–Trinajstić information content (AvgIpc) is 2.84. The summed E-state index contributed by atoms with van der Waals surface area (Å²) in [4.78, 5) is 27.3. The second-order valence-electron chi connectivity index (χ2n) is 4.51. The van der Waals surface area contributed by atoms with E-state index in [4.69, 9.17) is 4.74 Å². The Balaban J connectivity index is 2.45. The lowest BCUT2D eigenvalue weighted by Crippen LogP contribution is -2.37. The fourth-order valence-electron chi connectivity index (χ4n) is 2.36. The van der Waals surface area contributed by atoms with Crippen molar-refractivity contribution >= 4 is 22.0 Å². The van der Waals surface area contributed by atoms with Crippen LogP contribution in [-0.2, 0) is 4.74 Å². The smallest absolute Gasteiger partial charge is 0.328 e. The van der Waals surface area contributed by atoms with Gasteiger partial charge >= 0.3 is 5.69 Å². The molecule has 3 N–H and O–H groups in total. The molecule has 1 aromatic rings. The molecule has 7 nitrogen and oxygen atoms in total. The Morgan fingerprint density at radius 3 is 2.80 bits per heavy atom. The normalized spacial score (nSPS) is 26.4. The summed E-state index contributed by atoms with van der Waals surface area (Å²) >= 11 is 3.07. The van der Waals surface area contributed by atoms with Crippen LogP contribution in [0.25, 0.3) is 6.08 Å². The van der Waals surface area contributed by atoms with Crippen LogP contribution in [0.5, 0.6) is 0 Å². The Hall–Kier alpha value is -1.22. The summed E-state index contributed by atoms with van der Waals surface area (Å²) in [5.41, 5.74) is -0.738. The van der Waals surface area contributed by atoms with Crippen LogP contribution in [0.2, 0.25) is 0 Å². The highest BCUT2D eigenvalue weighted by Gasteiger charge is 2.38. The zero-order chi connectivity index (χ0) is 14.7. The van der Waals surface area contributed by atoms with Gasteiger partial charge in [-0.3, -0.25) is 14.3 Å². The number of nitrogens with one attached hydrogen (secondary N) is 1. The summed E-state index contributed by atoms with van der Waals surface area (Å²) in [5, 5.41) is 18.6. The Kier molecular flexibility index (Phi) is 4.92. The number of aliphatic hydroxyl groups excluding tert-OH is 2. The molecule has 0 spiro atoms. The zero-order valence-corrected chi connectivity index (χ0v) is 12.1. The Bertz CT molecular complexity index is 609. The Labute approximate surface area is 122 Å². The molecule has 20 heavy (non-hydrogen) atoms. The summed E-state index contributed by atoms with van der Waals surface area (Å²) in [6.45, 7) is -0.251. The van der Waals surface area contributed by atoms with Gasteiger partial charge in [-0.2, -0.15) is 0 Å². The predicted octanol–water partition coefficient (Wildman–Crippen LogP) is -0.557. The summed E-state index contributed by atoms with van der Waals surface area (Å²) in [5.74, 6) is -0.399. The Morgan fingerprint density at radius 1 is 1.45 bits per heavy atom. The van der Waals surface area contributed by atoms with Crippen LogP contribution in [0.3, 0.4) is 0 Å². The topological polar surface area (TPSA) is 105 Å². The van der Waals surface area contributed by atoms with E-state index in [1.54, 1.807) is 0 Å². The summed E-state index contributed by atoms with van der Waals surface area (Å²) in [7, 11) is 0. The number of hydrogen-bond donors (Lipinski definition) is 3. The number of hydrogen-bond acceptors (Lipinski definition) is 5. The van der Waals surface area contributed by atoms with Crippen LogP contribution in [0.15, 0.2) is 20.8 Å². The van der Waals surface area contributed by atoms with Gasteiger partial charge in [0.1, 0.15) is 0 Å². The molecular weight excluding hydrogens is 332 g/mol. The first kappa shape index (κ1) is 15.2. The fourth-order valence-corrected chi connectivity index (χ4v) is 2.65. The Morgan fingerprint density at radius 2 is 2.20 bits per heavy atom. The number of aliphatic hydroxyl groups is 2. The third-order valence-electron chi connectivity index (χ3n) is 3.44. The van der Waals surface area contributed by atoms with Gasteiger partial charge in [0.05, 0.1) is 37.5 Å². The zero-order valence-electron chi connectivity index (χ0n) is 10.5. The van der Waals surface area contributed by atoms with Crippen molar-refractivity contribution in [2.75, 3.05) is 19.8 Å². The third kappa shape index (κ3) is 2.78. The molecule has 2 heterocycles. The van der Waals surface area contributed by atoms with E-state index in [2.05, 4.69) is 20.9 Å². The van der Waals surface area contributed by atoms with Crippen molar-refractivity contribution in [1.82, 2.24) is 9.55 Å². The van der Waals surface area contributed by atoms with Gasteiger partial charge in [0.2, 0.25) is 0 Å². The van der Waals surface area contributed by atoms with Crippen molar-refractivity contribution in [3.63, 3.8) is 0 Å². The maximum absolute atomic E-state index is 11.9. The molecule has 1 aliphatic rings. The van der Waals surface area contributed by atoms with Crippen LogP contribution >= 0.6 is 15.9 Å². The van der Waals surface area contributed by atoms with Crippen molar-refractivity contribution in [1.29, 1.82) is 0 Å². The molecule has 0 bridgehead atoms. The molecule has 0 amide bonds. The molecule has 1 aliphatic heterocycles. The minimum absolute atomic E-state index is 0.194. The van der Waals surface area contributed by atoms with E-state index in [9.17, 15) is 19.8 Å². The molecule has 0 unspecified atom stereocenters. The van der Waals surface area contributed by atoms with Crippen LogP contribution in [0.1, 0.15) is 11.6 Å². The molecule has 1 saturated heterocycles. The van der Waals surface area contributed by atoms with Gasteiger partial charge in [0.15, 0.2) is 0 Å². The van der Waals surface area contributed by atoms with Gasteiger partial charge in [0.25, 0.3) is 5.56 Å². The summed E-state index contributed by atoms with van der Waals surface area (Å²) < 4.78 is 6.70. The fraction of sp³-hybridized carbons (Fsp3) is 0.500. The van der Waals surface area contributed by atoms with E-state index in [0.717, 1.165) is 0 Å². The first-order valence-electron chi connectivity index (χ1n) is 6.08. The van der Waals surface area contributed by atoms with Crippen LogP contribution in [0.4, 0.5) is 0 Å². The lowest BCUT2D eigenvalue weighted by molar-refractivity contribution is 0.0268. The summed E-state index contributed by atoms with van der Waals surface area (Å²) in [6.07, 6.45) is 2.43. The molecule has 0 radical (unpaired) electrons. The van der Waals surface area contributed by atoms with E-state index in [0.29, 0.717) is 5.56 Å². The van der Waals surface area contributed by atoms with E-state index >= 15 is 0 Å². The SMILES string of the molecule is O=c1[nH]c(=O)n([C@H]2CO[C@@H](CO)[C@@H]2CO)cc1C=CBr. The van der Waals surface area contributed by atoms with Crippen molar-refractivity contribution in [2.24, 2.45) is 5.92 Å². The minimum atomic E-state index is -0.563. The molecule has 110 valence electrons. The summed E-state index contributed by atoms with van der Waals surface area (Å²) in [6, 6.07) is -0.427.